The summed E-state index contributed by atoms with van der Waals surface area (Å²) in [7, 11) is 0. The van der Waals surface area contributed by atoms with Crippen molar-refractivity contribution in [3.05, 3.63) is 29.8 Å². The monoisotopic (exact) mass is 359 g/mol. The van der Waals surface area contributed by atoms with E-state index in [4.69, 9.17) is 10.5 Å². The summed E-state index contributed by atoms with van der Waals surface area (Å²) in [5, 5.41) is 9.91. The molecule has 140 valence electrons. The highest BCUT2D eigenvalue weighted by molar-refractivity contribution is 5.78. The summed E-state index contributed by atoms with van der Waals surface area (Å²) < 4.78 is 43.2. The van der Waals surface area contributed by atoms with Gasteiger partial charge in [0.05, 0.1) is 12.1 Å². The zero-order valence-electron chi connectivity index (χ0n) is 14.0. The van der Waals surface area contributed by atoms with Gasteiger partial charge in [0.1, 0.15) is 18.5 Å². The number of rotatable bonds is 5. The van der Waals surface area contributed by atoms with Gasteiger partial charge >= 0.3 is 6.18 Å². The van der Waals surface area contributed by atoms with E-state index in [2.05, 4.69) is 4.99 Å². The molecule has 0 radical (unpaired) electrons. The minimum absolute atomic E-state index is 0.0430. The van der Waals surface area contributed by atoms with E-state index in [-0.39, 0.29) is 18.9 Å². The molecular formula is C17H24F3N3O2. The van der Waals surface area contributed by atoms with Crippen molar-refractivity contribution >= 4 is 5.96 Å². The molecule has 0 spiro atoms. The van der Waals surface area contributed by atoms with Crippen molar-refractivity contribution in [1.82, 2.24) is 4.90 Å². The van der Waals surface area contributed by atoms with Gasteiger partial charge in [-0.15, -0.1) is 0 Å². The molecule has 1 aromatic rings. The predicted octanol–water partition coefficient (Wildman–Crippen LogP) is 2.64. The lowest BCUT2D eigenvalue weighted by molar-refractivity contribution is -0.137. The number of likely N-dealkylation sites (tertiary alicyclic amines) is 1. The fraction of sp³-hybridized carbons (Fsp3) is 0.588. The van der Waals surface area contributed by atoms with Crippen LogP contribution >= 0.6 is 0 Å². The lowest BCUT2D eigenvalue weighted by Gasteiger charge is -2.21. The number of aliphatic hydroxyl groups is 1. The molecule has 5 nitrogen and oxygen atoms in total. The Morgan fingerprint density at radius 3 is 2.56 bits per heavy atom. The topological polar surface area (TPSA) is 71.1 Å². The molecular weight excluding hydrogens is 335 g/mol. The third-order valence-corrected chi connectivity index (χ3v) is 4.00. The number of ether oxygens (including phenoxy) is 1. The second kappa shape index (κ2) is 8.94. The Morgan fingerprint density at radius 1 is 1.24 bits per heavy atom. The Balaban J connectivity index is 1.82. The number of halogens is 3. The average molecular weight is 359 g/mol. The Morgan fingerprint density at radius 2 is 1.92 bits per heavy atom. The van der Waals surface area contributed by atoms with Crippen LogP contribution in [0, 0.1) is 0 Å². The maximum atomic E-state index is 12.6. The van der Waals surface area contributed by atoms with Crippen LogP contribution in [0.3, 0.4) is 0 Å². The summed E-state index contributed by atoms with van der Waals surface area (Å²) in [5.74, 6) is 0.443. The van der Waals surface area contributed by atoms with Gasteiger partial charge in [0.25, 0.3) is 0 Å². The summed E-state index contributed by atoms with van der Waals surface area (Å²) in [6.45, 7) is 1.59. The van der Waals surface area contributed by atoms with Gasteiger partial charge in [-0.1, -0.05) is 18.9 Å². The molecule has 1 saturated heterocycles. The molecule has 1 atom stereocenters. The van der Waals surface area contributed by atoms with Gasteiger partial charge in [-0.25, -0.2) is 0 Å². The van der Waals surface area contributed by atoms with Crippen molar-refractivity contribution in [3.63, 3.8) is 0 Å². The summed E-state index contributed by atoms with van der Waals surface area (Å²) in [6, 6.07) is 4.55. The Hall–Kier alpha value is -1.96. The number of nitrogens with two attached hydrogens (primary N) is 1. The molecule has 0 aromatic heterocycles. The SMILES string of the molecule is NC(=NCC(O)COc1cccc(C(F)(F)F)c1)N1CCCCCC1. The van der Waals surface area contributed by atoms with E-state index in [1.807, 2.05) is 4.90 Å². The van der Waals surface area contributed by atoms with Crippen LogP contribution in [0.1, 0.15) is 31.2 Å². The third kappa shape index (κ3) is 6.45. The molecule has 1 aliphatic heterocycles. The van der Waals surface area contributed by atoms with Crippen LogP contribution in [-0.2, 0) is 6.18 Å². The van der Waals surface area contributed by atoms with Crippen LogP contribution in [0.4, 0.5) is 13.2 Å². The molecule has 0 saturated carbocycles. The number of guanidine groups is 1. The van der Waals surface area contributed by atoms with E-state index in [9.17, 15) is 18.3 Å². The Kier molecular flexibility index (Phi) is 6.92. The molecule has 0 amide bonds. The minimum Gasteiger partial charge on any atom is -0.491 e. The molecule has 0 bridgehead atoms. The maximum Gasteiger partial charge on any atom is 0.416 e. The first-order chi connectivity index (χ1) is 11.9. The van der Waals surface area contributed by atoms with Crippen molar-refractivity contribution < 1.29 is 23.0 Å². The lowest BCUT2D eigenvalue weighted by atomic mass is 10.2. The number of alkyl halides is 3. The van der Waals surface area contributed by atoms with Gasteiger partial charge < -0.3 is 20.5 Å². The smallest absolute Gasteiger partial charge is 0.416 e. The number of benzene rings is 1. The predicted molar refractivity (Wildman–Crippen MR) is 89.5 cm³/mol. The third-order valence-electron chi connectivity index (χ3n) is 4.00. The number of hydrogen-bond acceptors (Lipinski definition) is 3. The van der Waals surface area contributed by atoms with E-state index in [1.165, 1.54) is 25.0 Å². The second-order valence-electron chi connectivity index (χ2n) is 6.09. The number of aliphatic hydroxyl groups excluding tert-OH is 1. The Bertz CT molecular complexity index is 571. The van der Waals surface area contributed by atoms with E-state index in [1.54, 1.807) is 0 Å². The molecule has 1 unspecified atom stereocenters. The van der Waals surface area contributed by atoms with Crippen molar-refractivity contribution in [1.29, 1.82) is 0 Å². The van der Waals surface area contributed by atoms with Crippen LogP contribution in [0.2, 0.25) is 0 Å². The molecule has 25 heavy (non-hydrogen) atoms. The van der Waals surface area contributed by atoms with Crippen molar-refractivity contribution in [2.45, 2.75) is 38.0 Å². The first-order valence-electron chi connectivity index (χ1n) is 8.39. The van der Waals surface area contributed by atoms with E-state index in [0.717, 1.165) is 38.1 Å². The molecule has 8 heteroatoms. The normalized spacial score (nSPS) is 17.9. The van der Waals surface area contributed by atoms with E-state index in [0.29, 0.717) is 5.96 Å². The highest BCUT2D eigenvalue weighted by atomic mass is 19.4. The van der Waals surface area contributed by atoms with Crippen LogP contribution in [-0.4, -0.2) is 48.3 Å². The Labute approximate surface area is 145 Å². The van der Waals surface area contributed by atoms with E-state index >= 15 is 0 Å². The van der Waals surface area contributed by atoms with Gasteiger partial charge in [0.2, 0.25) is 0 Å². The van der Waals surface area contributed by atoms with Gasteiger partial charge in [-0.05, 0) is 31.0 Å². The van der Waals surface area contributed by atoms with Crippen molar-refractivity contribution in [2.24, 2.45) is 10.7 Å². The largest absolute Gasteiger partial charge is 0.491 e. The van der Waals surface area contributed by atoms with Gasteiger partial charge in [-0.3, -0.25) is 4.99 Å². The quantitative estimate of drug-likeness (QED) is 0.626. The van der Waals surface area contributed by atoms with Gasteiger partial charge in [0.15, 0.2) is 5.96 Å². The molecule has 3 N–H and O–H groups in total. The molecule has 0 aliphatic carbocycles. The number of aliphatic imine (C=N–C) groups is 1. The van der Waals surface area contributed by atoms with Crippen LogP contribution < -0.4 is 10.5 Å². The van der Waals surface area contributed by atoms with Crippen molar-refractivity contribution in [2.75, 3.05) is 26.2 Å². The van der Waals surface area contributed by atoms with Gasteiger partial charge in [-0.2, -0.15) is 13.2 Å². The summed E-state index contributed by atoms with van der Waals surface area (Å²) in [5.41, 5.74) is 5.15. The average Bonchev–Trinajstić information content (AvgIpc) is 2.87. The van der Waals surface area contributed by atoms with Crippen LogP contribution in [0.5, 0.6) is 5.75 Å². The molecule has 1 aromatic carbocycles. The highest BCUT2D eigenvalue weighted by Crippen LogP contribution is 2.31. The van der Waals surface area contributed by atoms with E-state index < -0.39 is 17.8 Å². The second-order valence-corrected chi connectivity index (χ2v) is 6.09. The zero-order valence-corrected chi connectivity index (χ0v) is 14.0. The van der Waals surface area contributed by atoms with Crippen LogP contribution in [0.15, 0.2) is 29.3 Å². The lowest BCUT2D eigenvalue weighted by Crippen LogP contribution is -2.38. The number of nitrogens with zero attached hydrogens (tertiary/aromatic N) is 2. The van der Waals surface area contributed by atoms with Crippen molar-refractivity contribution in [3.8, 4) is 5.75 Å². The molecule has 2 rings (SSSR count). The number of hydrogen-bond donors (Lipinski definition) is 2. The fourth-order valence-electron chi connectivity index (χ4n) is 2.61. The van der Waals surface area contributed by atoms with Gasteiger partial charge in [0, 0.05) is 13.1 Å². The van der Waals surface area contributed by atoms with Crippen LogP contribution in [0.25, 0.3) is 0 Å². The maximum absolute atomic E-state index is 12.6. The summed E-state index contributed by atoms with van der Waals surface area (Å²) in [4.78, 5) is 6.16. The standard InChI is InChI=1S/C17H24F3N3O2/c18-17(19,20)13-6-5-7-15(10-13)25-12-14(24)11-22-16(21)23-8-3-1-2-4-9-23/h5-7,10,14,24H,1-4,8-9,11-12H2,(H2,21,22). The molecule has 1 aliphatic rings. The first kappa shape index (κ1) is 19.4. The first-order valence-corrected chi connectivity index (χ1v) is 8.39. The molecule has 1 heterocycles. The summed E-state index contributed by atoms with van der Waals surface area (Å²) in [6.07, 6.45) is -0.882. The molecule has 1 fully saturated rings. The minimum atomic E-state index is -4.43. The zero-order chi connectivity index (χ0) is 18.3. The highest BCUT2D eigenvalue weighted by Gasteiger charge is 2.30. The fourth-order valence-corrected chi connectivity index (χ4v) is 2.61. The summed E-state index contributed by atoms with van der Waals surface area (Å²) >= 11 is 0.